The second-order valence-electron chi connectivity index (χ2n) is 8.61. The smallest absolute Gasteiger partial charge is 0.416 e. The van der Waals surface area contributed by atoms with Gasteiger partial charge in [-0.25, -0.2) is 4.79 Å². The molecule has 0 spiro atoms. The third-order valence-corrected chi connectivity index (χ3v) is 6.32. The number of alkyl halides is 3. The molecule has 1 aliphatic rings. The number of methoxy groups -OCH3 is 1. The van der Waals surface area contributed by atoms with Gasteiger partial charge in [0.2, 0.25) is 0 Å². The molecule has 3 aromatic rings. The van der Waals surface area contributed by atoms with E-state index in [2.05, 4.69) is 0 Å². The van der Waals surface area contributed by atoms with Crippen molar-refractivity contribution in [1.82, 2.24) is 4.90 Å². The van der Waals surface area contributed by atoms with E-state index < -0.39 is 52.9 Å². The van der Waals surface area contributed by atoms with Crippen LogP contribution in [-0.4, -0.2) is 50.4 Å². The molecule has 0 radical (unpaired) electrons. The van der Waals surface area contributed by atoms with E-state index in [9.17, 15) is 43.2 Å². The highest BCUT2D eigenvalue weighted by Crippen LogP contribution is 2.42. The summed E-state index contributed by atoms with van der Waals surface area (Å²) in [6.45, 7) is 0. The fourth-order valence-corrected chi connectivity index (χ4v) is 4.49. The van der Waals surface area contributed by atoms with Crippen molar-refractivity contribution in [2.75, 3.05) is 7.11 Å². The molecule has 4 N–H and O–H groups in total. The van der Waals surface area contributed by atoms with E-state index in [1.165, 1.54) is 30.3 Å². The lowest BCUT2D eigenvalue weighted by Crippen LogP contribution is -2.52. The first-order chi connectivity index (χ1) is 17.4. The molecule has 1 amide bonds. The van der Waals surface area contributed by atoms with Gasteiger partial charge >= 0.3 is 12.1 Å². The Bertz CT molecular complexity index is 1360. The molecule has 8 nitrogen and oxygen atoms in total. The third-order valence-electron chi connectivity index (χ3n) is 6.32. The van der Waals surface area contributed by atoms with Gasteiger partial charge in [0.15, 0.2) is 23.0 Å². The molecule has 4 rings (SSSR count). The summed E-state index contributed by atoms with van der Waals surface area (Å²) in [6, 6.07) is 7.84. The highest BCUT2D eigenvalue weighted by molar-refractivity contribution is 5.97. The molecule has 1 heterocycles. The molecule has 2 atom stereocenters. The quantitative estimate of drug-likeness (QED) is 0.304. The number of benzene rings is 3. The Hall–Kier alpha value is -4.41. The summed E-state index contributed by atoms with van der Waals surface area (Å²) in [5.41, 5.74) is 0.189. The molecule has 11 heteroatoms. The monoisotopic (exact) mass is 517 g/mol. The van der Waals surface area contributed by atoms with Gasteiger partial charge in [-0.2, -0.15) is 13.2 Å². The summed E-state index contributed by atoms with van der Waals surface area (Å²) >= 11 is 0. The largest absolute Gasteiger partial charge is 0.504 e. The molecule has 0 bridgehead atoms. The van der Waals surface area contributed by atoms with Crippen molar-refractivity contribution in [2.45, 2.75) is 31.1 Å². The van der Waals surface area contributed by atoms with Crippen LogP contribution in [0.2, 0.25) is 0 Å². The van der Waals surface area contributed by atoms with Crippen molar-refractivity contribution in [3.05, 3.63) is 82.4 Å². The standard InChI is InChI=1S/C26H22F3NO7/c1-37-25(36)19-10-15-11-22(33)23(34)12-17(15)18(8-13-2-7-20(31)21(32)9-13)30(19)24(35)14-3-5-16(6-4-14)26(27,28)29/h2-7,9,11-12,18-19,31-34H,8,10H2,1H3/t18-,19-/m0/s1. The third kappa shape index (κ3) is 4.97. The average molecular weight is 517 g/mol. The van der Waals surface area contributed by atoms with Crippen LogP contribution in [0.25, 0.3) is 0 Å². The Morgan fingerprint density at radius 3 is 2.14 bits per heavy atom. The summed E-state index contributed by atoms with van der Waals surface area (Å²) in [5.74, 6) is -3.28. The second-order valence-corrected chi connectivity index (χ2v) is 8.61. The summed E-state index contributed by atoms with van der Waals surface area (Å²) in [7, 11) is 1.12. The van der Waals surface area contributed by atoms with Crippen molar-refractivity contribution < 1.29 is 47.9 Å². The molecule has 194 valence electrons. The molecule has 0 saturated heterocycles. The lowest BCUT2D eigenvalue weighted by molar-refractivity contribution is -0.147. The Kier molecular flexibility index (Phi) is 6.64. The Morgan fingerprint density at radius 1 is 0.919 bits per heavy atom. The fraction of sp³-hybridized carbons (Fsp3) is 0.231. The molecule has 0 saturated carbocycles. The van der Waals surface area contributed by atoms with Crippen LogP contribution < -0.4 is 0 Å². The van der Waals surface area contributed by atoms with Crippen LogP contribution in [0.3, 0.4) is 0 Å². The predicted octanol–water partition coefficient (Wildman–Crippen LogP) is 4.05. The van der Waals surface area contributed by atoms with Gasteiger partial charge in [0.25, 0.3) is 5.91 Å². The van der Waals surface area contributed by atoms with Crippen molar-refractivity contribution in [3.8, 4) is 23.0 Å². The molecule has 0 fully saturated rings. The highest BCUT2D eigenvalue weighted by Gasteiger charge is 2.43. The number of carbonyl (C=O) groups is 2. The average Bonchev–Trinajstić information content (AvgIpc) is 2.85. The minimum Gasteiger partial charge on any atom is -0.504 e. The van der Waals surface area contributed by atoms with Crippen molar-refractivity contribution in [2.24, 2.45) is 0 Å². The Balaban J connectivity index is 1.86. The summed E-state index contributed by atoms with van der Waals surface area (Å²) in [5, 5.41) is 39.9. The fourth-order valence-electron chi connectivity index (χ4n) is 4.49. The summed E-state index contributed by atoms with van der Waals surface area (Å²) in [4.78, 5) is 27.7. The number of rotatable bonds is 4. The first-order valence-corrected chi connectivity index (χ1v) is 11.0. The Labute approximate surface area is 208 Å². The van der Waals surface area contributed by atoms with E-state index in [1.807, 2.05) is 0 Å². The van der Waals surface area contributed by atoms with Gasteiger partial charge in [0.1, 0.15) is 6.04 Å². The SMILES string of the molecule is COC(=O)[C@@H]1Cc2cc(O)c(O)cc2[C@H](Cc2ccc(O)c(O)c2)N1C(=O)c1ccc(C(F)(F)F)cc1. The van der Waals surface area contributed by atoms with Crippen LogP contribution in [0.5, 0.6) is 23.0 Å². The van der Waals surface area contributed by atoms with E-state index in [-0.39, 0.29) is 24.2 Å². The van der Waals surface area contributed by atoms with Gasteiger partial charge in [0, 0.05) is 12.0 Å². The number of halogens is 3. The van der Waals surface area contributed by atoms with E-state index in [0.717, 1.165) is 36.3 Å². The zero-order chi connectivity index (χ0) is 27.1. The minimum absolute atomic E-state index is 0.0229. The van der Waals surface area contributed by atoms with E-state index >= 15 is 0 Å². The normalized spacial score (nSPS) is 17.2. The molecular weight excluding hydrogens is 495 g/mol. The molecule has 1 aliphatic heterocycles. The van der Waals surface area contributed by atoms with Crippen molar-refractivity contribution in [3.63, 3.8) is 0 Å². The number of phenolic OH excluding ortho intramolecular Hbond substituents is 4. The van der Waals surface area contributed by atoms with Crippen LogP contribution in [0.4, 0.5) is 13.2 Å². The van der Waals surface area contributed by atoms with E-state index in [1.54, 1.807) is 0 Å². The number of aromatic hydroxyl groups is 4. The topological polar surface area (TPSA) is 128 Å². The first-order valence-electron chi connectivity index (χ1n) is 11.0. The molecule has 37 heavy (non-hydrogen) atoms. The van der Waals surface area contributed by atoms with Crippen molar-refractivity contribution >= 4 is 11.9 Å². The maximum atomic E-state index is 13.7. The second kappa shape index (κ2) is 9.57. The number of fused-ring (bicyclic) bond motifs is 1. The van der Waals surface area contributed by atoms with Gasteiger partial charge in [-0.1, -0.05) is 6.07 Å². The number of ether oxygens (including phenoxy) is 1. The molecule has 0 aromatic heterocycles. The van der Waals surface area contributed by atoms with Gasteiger partial charge in [-0.05, 0) is 71.6 Å². The molecular formula is C26H22F3NO7. The zero-order valence-corrected chi connectivity index (χ0v) is 19.4. The molecule has 0 unspecified atom stereocenters. The summed E-state index contributed by atoms with van der Waals surface area (Å²) in [6.07, 6.45) is -4.73. The van der Waals surface area contributed by atoms with E-state index in [4.69, 9.17) is 4.74 Å². The number of esters is 1. The number of hydrogen-bond acceptors (Lipinski definition) is 7. The lowest BCUT2D eigenvalue weighted by Gasteiger charge is -2.42. The van der Waals surface area contributed by atoms with Crippen LogP contribution in [0.1, 0.15) is 38.7 Å². The highest BCUT2D eigenvalue weighted by atomic mass is 19.4. The predicted molar refractivity (Wildman–Crippen MR) is 123 cm³/mol. The maximum Gasteiger partial charge on any atom is 0.416 e. The number of hydrogen-bond donors (Lipinski definition) is 4. The first kappa shape index (κ1) is 25.7. The number of carbonyl (C=O) groups excluding carboxylic acids is 2. The minimum atomic E-state index is -4.61. The van der Waals surface area contributed by atoms with Gasteiger partial charge in [0.05, 0.1) is 18.7 Å². The molecule has 3 aromatic carbocycles. The Morgan fingerprint density at radius 2 is 1.54 bits per heavy atom. The lowest BCUT2D eigenvalue weighted by atomic mass is 9.84. The van der Waals surface area contributed by atoms with Gasteiger partial charge in [-0.15, -0.1) is 0 Å². The van der Waals surface area contributed by atoms with Gasteiger partial charge in [-0.3, -0.25) is 4.79 Å². The van der Waals surface area contributed by atoms with Crippen LogP contribution >= 0.6 is 0 Å². The number of phenols is 4. The summed E-state index contributed by atoms with van der Waals surface area (Å²) < 4.78 is 44.1. The maximum absolute atomic E-state index is 13.7. The van der Waals surface area contributed by atoms with Gasteiger partial charge < -0.3 is 30.1 Å². The van der Waals surface area contributed by atoms with Crippen LogP contribution in [0, 0.1) is 0 Å². The molecule has 0 aliphatic carbocycles. The zero-order valence-electron chi connectivity index (χ0n) is 19.4. The number of amides is 1. The van der Waals surface area contributed by atoms with Crippen LogP contribution in [-0.2, 0) is 28.5 Å². The number of nitrogens with zero attached hydrogens (tertiary/aromatic N) is 1. The van der Waals surface area contributed by atoms with Crippen LogP contribution in [0.15, 0.2) is 54.6 Å². The van der Waals surface area contributed by atoms with Crippen molar-refractivity contribution in [1.29, 1.82) is 0 Å². The van der Waals surface area contributed by atoms with E-state index in [0.29, 0.717) is 16.7 Å².